The zero-order valence-corrected chi connectivity index (χ0v) is 11.1. The van der Waals surface area contributed by atoms with Gasteiger partial charge in [-0.2, -0.15) is 0 Å². The minimum Gasteiger partial charge on any atom is -0.308 e. The SMILES string of the molecule is Cc1cc(C)cc(NC(=O)Nc2cc(F)ccc2F)c1. The minimum absolute atomic E-state index is 0.202. The molecule has 0 saturated heterocycles. The predicted molar refractivity (Wildman–Crippen MR) is 74.9 cm³/mol. The molecule has 2 aromatic rings. The number of urea groups is 1. The van der Waals surface area contributed by atoms with Gasteiger partial charge in [-0.1, -0.05) is 6.07 Å². The van der Waals surface area contributed by atoms with Crippen LogP contribution < -0.4 is 10.6 Å². The molecule has 0 saturated carbocycles. The zero-order valence-electron chi connectivity index (χ0n) is 11.1. The molecular formula is C15H14F2N2O. The van der Waals surface area contributed by atoms with Crippen molar-refractivity contribution in [3.8, 4) is 0 Å². The van der Waals surface area contributed by atoms with Crippen LogP contribution in [0.3, 0.4) is 0 Å². The van der Waals surface area contributed by atoms with Crippen molar-refractivity contribution >= 4 is 17.4 Å². The average Bonchev–Trinajstić information content (AvgIpc) is 2.32. The molecule has 2 rings (SSSR count). The molecule has 0 spiro atoms. The first-order valence-corrected chi connectivity index (χ1v) is 6.05. The molecule has 0 radical (unpaired) electrons. The van der Waals surface area contributed by atoms with Crippen molar-refractivity contribution in [3.63, 3.8) is 0 Å². The van der Waals surface area contributed by atoms with Crippen molar-refractivity contribution in [2.75, 3.05) is 10.6 Å². The fraction of sp³-hybridized carbons (Fsp3) is 0.133. The molecule has 0 heterocycles. The molecule has 0 unspecified atom stereocenters. The predicted octanol–water partition coefficient (Wildman–Crippen LogP) is 4.23. The van der Waals surface area contributed by atoms with E-state index in [1.807, 2.05) is 19.9 Å². The third-order valence-corrected chi connectivity index (χ3v) is 2.66. The van der Waals surface area contributed by atoms with Crippen molar-refractivity contribution in [2.24, 2.45) is 0 Å². The van der Waals surface area contributed by atoms with E-state index in [0.29, 0.717) is 5.69 Å². The topological polar surface area (TPSA) is 41.1 Å². The molecule has 0 fully saturated rings. The molecule has 2 aromatic carbocycles. The minimum atomic E-state index is -0.693. The highest BCUT2D eigenvalue weighted by Gasteiger charge is 2.08. The molecule has 0 aliphatic rings. The summed E-state index contributed by atoms with van der Waals surface area (Å²) in [5, 5.41) is 4.85. The lowest BCUT2D eigenvalue weighted by Crippen LogP contribution is -2.20. The molecule has 2 amide bonds. The third kappa shape index (κ3) is 3.54. The lowest BCUT2D eigenvalue weighted by Gasteiger charge is -2.10. The van der Waals surface area contributed by atoms with E-state index in [4.69, 9.17) is 0 Å². The second-order valence-electron chi connectivity index (χ2n) is 4.58. The van der Waals surface area contributed by atoms with Crippen LogP contribution in [0, 0.1) is 25.5 Å². The normalized spacial score (nSPS) is 10.2. The average molecular weight is 276 g/mol. The molecule has 3 nitrogen and oxygen atoms in total. The van der Waals surface area contributed by atoms with Crippen molar-refractivity contribution in [3.05, 3.63) is 59.2 Å². The van der Waals surface area contributed by atoms with Crippen molar-refractivity contribution < 1.29 is 13.6 Å². The Balaban J connectivity index is 2.11. The Morgan fingerprint density at radius 3 is 2.25 bits per heavy atom. The van der Waals surface area contributed by atoms with Gasteiger partial charge in [0.25, 0.3) is 0 Å². The standard InChI is InChI=1S/C15H14F2N2O/c1-9-5-10(2)7-12(6-9)18-15(20)19-14-8-11(16)3-4-13(14)17/h3-8H,1-2H3,(H2,18,19,20). The molecular weight excluding hydrogens is 262 g/mol. The van der Waals surface area contributed by atoms with E-state index in [2.05, 4.69) is 10.6 Å². The number of hydrogen-bond donors (Lipinski definition) is 2. The van der Waals surface area contributed by atoms with Crippen LogP contribution >= 0.6 is 0 Å². The van der Waals surface area contributed by atoms with Gasteiger partial charge in [-0.25, -0.2) is 13.6 Å². The van der Waals surface area contributed by atoms with Gasteiger partial charge in [0, 0.05) is 11.8 Å². The molecule has 2 N–H and O–H groups in total. The Morgan fingerprint density at radius 2 is 1.60 bits per heavy atom. The number of anilines is 2. The van der Waals surface area contributed by atoms with Gasteiger partial charge >= 0.3 is 6.03 Å². The monoisotopic (exact) mass is 276 g/mol. The lowest BCUT2D eigenvalue weighted by atomic mass is 10.1. The summed E-state index contributed by atoms with van der Waals surface area (Å²) >= 11 is 0. The Kier molecular flexibility index (Phi) is 3.98. The van der Waals surface area contributed by atoms with Crippen LogP contribution in [0.5, 0.6) is 0 Å². The summed E-state index contributed by atoms with van der Waals surface area (Å²) < 4.78 is 26.4. The number of nitrogens with one attached hydrogen (secondary N) is 2. The summed E-state index contributed by atoms with van der Waals surface area (Å²) in [7, 11) is 0. The van der Waals surface area contributed by atoms with E-state index < -0.39 is 17.7 Å². The highest BCUT2D eigenvalue weighted by Crippen LogP contribution is 2.17. The Bertz CT molecular complexity index is 636. The van der Waals surface area contributed by atoms with Crippen molar-refractivity contribution in [1.82, 2.24) is 0 Å². The van der Waals surface area contributed by atoms with Gasteiger partial charge in [0.2, 0.25) is 0 Å². The van der Waals surface area contributed by atoms with Gasteiger partial charge < -0.3 is 10.6 Å². The van der Waals surface area contributed by atoms with E-state index in [9.17, 15) is 13.6 Å². The molecule has 20 heavy (non-hydrogen) atoms. The number of hydrogen-bond acceptors (Lipinski definition) is 1. The van der Waals surface area contributed by atoms with Crippen LogP contribution in [0.15, 0.2) is 36.4 Å². The number of rotatable bonds is 2. The van der Waals surface area contributed by atoms with Gasteiger partial charge in [-0.15, -0.1) is 0 Å². The largest absolute Gasteiger partial charge is 0.323 e. The molecule has 0 atom stereocenters. The molecule has 0 aromatic heterocycles. The Labute approximate surface area is 115 Å². The van der Waals surface area contributed by atoms with Gasteiger partial charge in [0.05, 0.1) is 5.69 Å². The molecule has 0 aliphatic heterocycles. The fourth-order valence-electron chi connectivity index (χ4n) is 1.92. The maximum Gasteiger partial charge on any atom is 0.323 e. The highest BCUT2D eigenvalue weighted by atomic mass is 19.1. The number of carbonyl (C=O) groups excluding carboxylic acids is 1. The lowest BCUT2D eigenvalue weighted by molar-refractivity contribution is 0.262. The number of benzene rings is 2. The van der Waals surface area contributed by atoms with E-state index in [0.717, 1.165) is 29.3 Å². The second kappa shape index (κ2) is 5.69. The van der Waals surface area contributed by atoms with E-state index in [-0.39, 0.29) is 5.69 Å². The number of carbonyl (C=O) groups is 1. The van der Waals surface area contributed by atoms with Crippen LogP contribution in [0.2, 0.25) is 0 Å². The smallest absolute Gasteiger partial charge is 0.308 e. The van der Waals surface area contributed by atoms with Crippen LogP contribution in [-0.2, 0) is 0 Å². The molecule has 0 bridgehead atoms. The third-order valence-electron chi connectivity index (χ3n) is 2.66. The number of aryl methyl sites for hydroxylation is 2. The molecule has 5 heteroatoms. The Hall–Kier alpha value is -2.43. The van der Waals surface area contributed by atoms with E-state index >= 15 is 0 Å². The summed E-state index contributed by atoms with van der Waals surface area (Å²) in [6, 6.07) is 7.79. The van der Waals surface area contributed by atoms with Gasteiger partial charge in [-0.3, -0.25) is 0 Å². The van der Waals surface area contributed by atoms with Crippen LogP contribution in [0.1, 0.15) is 11.1 Å². The first-order valence-electron chi connectivity index (χ1n) is 6.05. The summed E-state index contributed by atoms with van der Waals surface area (Å²) in [6.07, 6.45) is 0. The van der Waals surface area contributed by atoms with E-state index in [1.165, 1.54) is 0 Å². The van der Waals surface area contributed by atoms with E-state index in [1.54, 1.807) is 12.1 Å². The van der Waals surface area contributed by atoms with Crippen LogP contribution in [-0.4, -0.2) is 6.03 Å². The maximum atomic E-state index is 13.4. The highest BCUT2D eigenvalue weighted by molar-refractivity contribution is 5.99. The maximum absolute atomic E-state index is 13.4. The Morgan fingerprint density at radius 1 is 0.950 bits per heavy atom. The first kappa shape index (κ1) is 14.0. The van der Waals surface area contributed by atoms with Gasteiger partial charge in [0.1, 0.15) is 11.6 Å². The summed E-state index contributed by atoms with van der Waals surface area (Å²) in [6.45, 7) is 3.81. The summed E-state index contributed by atoms with van der Waals surface area (Å²) in [5.74, 6) is -1.31. The van der Waals surface area contributed by atoms with Gasteiger partial charge in [-0.05, 0) is 49.2 Å². The van der Waals surface area contributed by atoms with Crippen LogP contribution in [0.25, 0.3) is 0 Å². The summed E-state index contributed by atoms with van der Waals surface area (Å²) in [5.41, 5.74) is 2.39. The quantitative estimate of drug-likeness (QED) is 0.847. The van der Waals surface area contributed by atoms with Crippen molar-refractivity contribution in [2.45, 2.75) is 13.8 Å². The van der Waals surface area contributed by atoms with Crippen LogP contribution in [0.4, 0.5) is 25.0 Å². The first-order chi connectivity index (χ1) is 9.44. The zero-order chi connectivity index (χ0) is 14.7. The molecule has 0 aliphatic carbocycles. The number of amides is 2. The van der Waals surface area contributed by atoms with Crippen molar-refractivity contribution in [1.29, 1.82) is 0 Å². The summed E-state index contributed by atoms with van der Waals surface area (Å²) in [4.78, 5) is 11.8. The second-order valence-corrected chi connectivity index (χ2v) is 4.58. The fourth-order valence-corrected chi connectivity index (χ4v) is 1.92. The molecule has 104 valence electrons. The number of halogens is 2. The van der Waals surface area contributed by atoms with Gasteiger partial charge in [0.15, 0.2) is 0 Å².